The topological polar surface area (TPSA) is 68.0 Å². The number of hydrogen-bond donors (Lipinski definition) is 1. The third-order valence-electron chi connectivity index (χ3n) is 4.35. The largest absolute Gasteiger partial charge is 0.481 e. The van der Waals surface area contributed by atoms with Crippen molar-refractivity contribution in [2.75, 3.05) is 0 Å². The van der Waals surface area contributed by atoms with Crippen LogP contribution in [0.4, 0.5) is 0 Å². The summed E-state index contributed by atoms with van der Waals surface area (Å²) in [5, 5.41) is 18.3. The van der Waals surface area contributed by atoms with Gasteiger partial charge in [-0.05, 0) is 37.5 Å². The molecule has 3 rings (SSSR count). The molecule has 21 heavy (non-hydrogen) atoms. The monoisotopic (exact) mass is 285 g/mol. The quantitative estimate of drug-likeness (QED) is 0.941. The number of rotatable bonds is 3. The lowest BCUT2D eigenvalue weighted by Gasteiger charge is -2.33. The number of hydrogen-bond acceptors (Lipinski definition) is 3. The molecule has 1 N–H and O–H groups in total. The number of aliphatic carboxylic acids is 1. The Bertz CT molecular complexity index is 657. The normalized spacial score (nSPS) is 17.6. The van der Waals surface area contributed by atoms with Crippen molar-refractivity contribution < 1.29 is 9.90 Å². The minimum absolute atomic E-state index is 0.706. The van der Waals surface area contributed by atoms with Crippen LogP contribution in [-0.2, 0) is 10.2 Å². The summed E-state index contributed by atoms with van der Waals surface area (Å²) in [7, 11) is 0. The first-order valence-electron chi connectivity index (χ1n) is 7.35. The average Bonchev–Trinajstić information content (AvgIpc) is 2.94. The zero-order valence-electron chi connectivity index (χ0n) is 12.1. The Morgan fingerprint density at radius 1 is 1.29 bits per heavy atom. The van der Waals surface area contributed by atoms with E-state index in [0.717, 1.165) is 36.2 Å². The molecule has 1 saturated carbocycles. The molecule has 5 heteroatoms. The number of aromatic nitrogens is 3. The minimum atomic E-state index is -0.754. The molecule has 0 aliphatic heterocycles. The smallest absolute Gasteiger partial charge is 0.314 e. The summed E-state index contributed by atoms with van der Waals surface area (Å²) in [6.07, 6.45) is 6.16. The van der Waals surface area contributed by atoms with Crippen LogP contribution in [0.3, 0.4) is 0 Å². The van der Waals surface area contributed by atoms with Crippen LogP contribution in [0.25, 0.3) is 5.69 Å². The van der Waals surface area contributed by atoms with E-state index in [-0.39, 0.29) is 0 Å². The number of aryl methyl sites for hydroxylation is 1. The molecule has 0 radical (unpaired) electrons. The fraction of sp³-hybridized carbons (Fsp3) is 0.438. The second-order valence-electron chi connectivity index (χ2n) is 5.77. The van der Waals surface area contributed by atoms with E-state index in [2.05, 4.69) is 10.2 Å². The molecular weight excluding hydrogens is 266 g/mol. The maximum absolute atomic E-state index is 11.9. The Labute approximate surface area is 123 Å². The Hall–Kier alpha value is -2.17. The lowest BCUT2D eigenvalue weighted by Crippen LogP contribution is -2.37. The molecule has 1 aliphatic rings. The summed E-state index contributed by atoms with van der Waals surface area (Å²) in [5.41, 5.74) is 1.76. The number of carboxylic acid groups (broad SMARTS) is 1. The first kappa shape index (κ1) is 13.8. The van der Waals surface area contributed by atoms with Gasteiger partial charge >= 0.3 is 5.97 Å². The van der Waals surface area contributed by atoms with Crippen LogP contribution in [0.15, 0.2) is 30.5 Å². The average molecular weight is 285 g/mol. The Balaban J connectivity index is 2.03. The van der Waals surface area contributed by atoms with Gasteiger partial charge in [0.1, 0.15) is 0 Å². The van der Waals surface area contributed by atoms with E-state index in [1.807, 2.05) is 31.2 Å². The van der Waals surface area contributed by atoms with Crippen molar-refractivity contribution in [2.45, 2.75) is 44.4 Å². The highest BCUT2D eigenvalue weighted by molar-refractivity contribution is 5.81. The van der Waals surface area contributed by atoms with E-state index in [1.165, 1.54) is 0 Å². The van der Waals surface area contributed by atoms with Crippen LogP contribution in [0, 0.1) is 6.92 Å². The summed E-state index contributed by atoms with van der Waals surface area (Å²) in [6, 6.07) is 7.63. The standard InChI is InChI=1S/C16H19N3O2/c1-12-11-17-19(18-12)14-7-5-6-13(10-14)16(15(20)21)8-3-2-4-9-16/h5-7,10-11H,2-4,8-9H2,1H3,(H,20,21). The zero-order valence-corrected chi connectivity index (χ0v) is 12.1. The first-order valence-corrected chi connectivity index (χ1v) is 7.35. The van der Waals surface area contributed by atoms with Crippen LogP contribution < -0.4 is 0 Å². The van der Waals surface area contributed by atoms with E-state index in [0.29, 0.717) is 12.8 Å². The number of nitrogens with zero attached hydrogens (tertiary/aromatic N) is 3. The van der Waals surface area contributed by atoms with Crippen LogP contribution in [-0.4, -0.2) is 26.1 Å². The third-order valence-corrected chi connectivity index (χ3v) is 4.35. The van der Waals surface area contributed by atoms with E-state index < -0.39 is 11.4 Å². The second kappa shape index (κ2) is 5.31. The van der Waals surface area contributed by atoms with Gasteiger partial charge in [0.25, 0.3) is 0 Å². The van der Waals surface area contributed by atoms with Gasteiger partial charge in [0.15, 0.2) is 0 Å². The predicted octanol–water partition coefficient (Wildman–Crippen LogP) is 2.86. The highest BCUT2D eigenvalue weighted by Crippen LogP contribution is 2.40. The third kappa shape index (κ3) is 2.44. The number of carbonyl (C=O) groups is 1. The Morgan fingerprint density at radius 3 is 2.67 bits per heavy atom. The molecule has 1 aliphatic carbocycles. The van der Waals surface area contributed by atoms with Crippen molar-refractivity contribution in [3.8, 4) is 5.69 Å². The maximum atomic E-state index is 11.9. The lowest BCUT2D eigenvalue weighted by molar-refractivity contribution is -0.145. The number of benzene rings is 1. The van der Waals surface area contributed by atoms with Crippen molar-refractivity contribution in [3.05, 3.63) is 41.7 Å². The second-order valence-corrected chi connectivity index (χ2v) is 5.77. The summed E-state index contributed by atoms with van der Waals surface area (Å²) >= 11 is 0. The first-order chi connectivity index (χ1) is 10.1. The highest BCUT2D eigenvalue weighted by atomic mass is 16.4. The van der Waals surface area contributed by atoms with Gasteiger partial charge in [-0.15, -0.1) is 0 Å². The van der Waals surface area contributed by atoms with Crippen molar-refractivity contribution in [2.24, 2.45) is 0 Å². The van der Waals surface area contributed by atoms with Gasteiger partial charge in [0, 0.05) is 0 Å². The van der Waals surface area contributed by atoms with E-state index >= 15 is 0 Å². The summed E-state index contributed by atoms with van der Waals surface area (Å²) in [4.78, 5) is 13.4. The Kier molecular flexibility index (Phi) is 3.49. The van der Waals surface area contributed by atoms with Crippen LogP contribution >= 0.6 is 0 Å². The van der Waals surface area contributed by atoms with Crippen LogP contribution in [0.1, 0.15) is 43.4 Å². The van der Waals surface area contributed by atoms with Crippen molar-refractivity contribution in [1.29, 1.82) is 0 Å². The molecule has 2 aromatic rings. The van der Waals surface area contributed by atoms with E-state index in [9.17, 15) is 9.90 Å². The van der Waals surface area contributed by atoms with Gasteiger partial charge in [0.05, 0.1) is 23.0 Å². The van der Waals surface area contributed by atoms with Gasteiger partial charge in [-0.2, -0.15) is 15.0 Å². The Morgan fingerprint density at radius 2 is 2.05 bits per heavy atom. The maximum Gasteiger partial charge on any atom is 0.314 e. The van der Waals surface area contributed by atoms with Gasteiger partial charge in [-0.25, -0.2) is 0 Å². The van der Waals surface area contributed by atoms with Gasteiger partial charge in [-0.1, -0.05) is 31.4 Å². The molecule has 1 aromatic carbocycles. The molecule has 0 spiro atoms. The molecule has 1 heterocycles. The van der Waals surface area contributed by atoms with Gasteiger partial charge in [-0.3, -0.25) is 4.79 Å². The molecule has 0 saturated heterocycles. The fourth-order valence-electron chi connectivity index (χ4n) is 3.17. The van der Waals surface area contributed by atoms with Crippen molar-refractivity contribution in [3.63, 3.8) is 0 Å². The molecule has 0 unspecified atom stereocenters. The SMILES string of the molecule is Cc1cnn(-c2cccc(C3(C(=O)O)CCCCC3)c2)n1. The molecule has 5 nitrogen and oxygen atoms in total. The van der Waals surface area contributed by atoms with Gasteiger partial charge in [0.2, 0.25) is 0 Å². The van der Waals surface area contributed by atoms with Crippen LogP contribution in [0.5, 0.6) is 0 Å². The van der Waals surface area contributed by atoms with Gasteiger partial charge < -0.3 is 5.11 Å². The van der Waals surface area contributed by atoms with Crippen molar-refractivity contribution in [1.82, 2.24) is 15.0 Å². The summed E-state index contributed by atoms with van der Waals surface area (Å²) in [6.45, 7) is 1.88. The highest BCUT2D eigenvalue weighted by Gasteiger charge is 2.41. The molecule has 0 atom stereocenters. The predicted molar refractivity (Wildman–Crippen MR) is 78.5 cm³/mol. The fourth-order valence-corrected chi connectivity index (χ4v) is 3.17. The molecule has 1 fully saturated rings. The lowest BCUT2D eigenvalue weighted by atomic mass is 9.69. The van der Waals surface area contributed by atoms with Crippen molar-refractivity contribution >= 4 is 5.97 Å². The summed E-state index contributed by atoms with van der Waals surface area (Å²) < 4.78 is 0. The van der Waals surface area contributed by atoms with E-state index in [4.69, 9.17) is 0 Å². The molecule has 1 aromatic heterocycles. The molecular formula is C16H19N3O2. The van der Waals surface area contributed by atoms with E-state index in [1.54, 1.807) is 11.0 Å². The summed E-state index contributed by atoms with van der Waals surface area (Å²) in [5.74, 6) is -0.719. The molecule has 0 amide bonds. The molecule has 110 valence electrons. The minimum Gasteiger partial charge on any atom is -0.481 e. The number of carboxylic acids is 1. The zero-order chi connectivity index (χ0) is 14.9. The molecule has 0 bridgehead atoms. The van der Waals surface area contributed by atoms with Crippen LogP contribution in [0.2, 0.25) is 0 Å².